The van der Waals surface area contributed by atoms with Crippen LogP contribution >= 0.6 is 0 Å². The summed E-state index contributed by atoms with van der Waals surface area (Å²) in [4.78, 5) is 4.66. The van der Waals surface area contributed by atoms with Gasteiger partial charge in [-0.15, -0.1) is 0 Å². The highest BCUT2D eigenvalue weighted by Crippen LogP contribution is 2.45. The Morgan fingerprint density at radius 1 is 0.327 bits per heavy atom. The Labute approximate surface area is 302 Å². The summed E-state index contributed by atoms with van der Waals surface area (Å²) in [5.74, 6) is 0. The van der Waals surface area contributed by atoms with Crippen molar-refractivity contribution in [3.63, 3.8) is 0 Å². The van der Waals surface area contributed by atoms with Crippen LogP contribution < -0.4 is 9.80 Å². The van der Waals surface area contributed by atoms with Crippen molar-refractivity contribution in [2.24, 2.45) is 0 Å². The van der Waals surface area contributed by atoms with Crippen molar-refractivity contribution < 1.29 is 4.42 Å². The number of aryl methyl sites for hydroxylation is 1. The van der Waals surface area contributed by atoms with E-state index in [-0.39, 0.29) is 0 Å². The van der Waals surface area contributed by atoms with E-state index >= 15 is 0 Å². The maximum Gasteiger partial charge on any atom is 0.143 e. The van der Waals surface area contributed by atoms with E-state index in [4.69, 9.17) is 4.42 Å². The minimum absolute atomic E-state index is 0.928. The highest BCUT2D eigenvalue weighted by molar-refractivity contribution is 6.30. The van der Waals surface area contributed by atoms with E-state index in [1.165, 1.54) is 32.3 Å². The molecule has 9 aromatic carbocycles. The van der Waals surface area contributed by atoms with Crippen LogP contribution in [0.1, 0.15) is 5.56 Å². The summed E-state index contributed by atoms with van der Waals surface area (Å²) in [6, 6.07) is 67.2. The molecule has 0 radical (unpaired) electrons. The van der Waals surface area contributed by atoms with Gasteiger partial charge in [0.1, 0.15) is 11.2 Å². The Bertz CT molecular complexity index is 2910. The molecule has 246 valence electrons. The average molecular weight is 667 g/mol. The van der Waals surface area contributed by atoms with Crippen LogP contribution in [0.15, 0.2) is 192 Å². The number of nitrogens with zero attached hydrogens (tertiary/aromatic N) is 2. The summed E-state index contributed by atoms with van der Waals surface area (Å²) in [6.07, 6.45) is 0. The molecule has 0 fully saturated rings. The van der Waals surface area contributed by atoms with E-state index in [1.807, 2.05) is 0 Å². The fourth-order valence-corrected chi connectivity index (χ4v) is 7.86. The molecule has 0 saturated heterocycles. The molecule has 0 aliphatic heterocycles. The maximum atomic E-state index is 6.78. The molecule has 0 amide bonds. The van der Waals surface area contributed by atoms with Crippen LogP contribution in [-0.2, 0) is 0 Å². The molecule has 3 heteroatoms. The van der Waals surface area contributed by atoms with Gasteiger partial charge in [0.15, 0.2) is 0 Å². The van der Waals surface area contributed by atoms with Gasteiger partial charge in [-0.25, -0.2) is 0 Å². The van der Waals surface area contributed by atoms with Crippen LogP contribution in [0.4, 0.5) is 34.1 Å². The van der Waals surface area contributed by atoms with Gasteiger partial charge in [-0.1, -0.05) is 115 Å². The minimum Gasteiger partial charge on any atom is -0.455 e. The van der Waals surface area contributed by atoms with Crippen LogP contribution in [-0.4, -0.2) is 0 Å². The third kappa shape index (κ3) is 4.90. The van der Waals surface area contributed by atoms with Crippen LogP contribution in [0, 0.1) is 6.92 Å². The molecule has 10 rings (SSSR count). The molecule has 0 aliphatic rings. The quantitative estimate of drug-likeness (QED) is 0.165. The lowest BCUT2D eigenvalue weighted by atomic mass is 9.96. The second-order valence-electron chi connectivity index (χ2n) is 13.4. The molecule has 1 aromatic heterocycles. The van der Waals surface area contributed by atoms with Crippen molar-refractivity contribution in [1.82, 2.24) is 0 Å². The first-order chi connectivity index (χ1) is 25.7. The first-order valence-corrected chi connectivity index (χ1v) is 17.8. The van der Waals surface area contributed by atoms with E-state index in [9.17, 15) is 0 Å². The van der Waals surface area contributed by atoms with Gasteiger partial charge in [-0.05, 0) is 112 Å². The van der Waals surface area contributed by atoms with Gasteiger partial charge < -0.3 is 14.2 Å². The van der Waals surface area contributed by atoms with Crippen molar-refractivity contribution in [1.29, 1.82) is 0 Å². The molecule has 10 aromatic rings. The van der Waals surface area contributed by atoms with E-state index in [2.05, 4.69) is 205 Å². The predicted octanol–water partition coefficient (Wildman–Crippen LogP) is 14.3. The van der Waals surface area contributed by atoms with E-state index in [0.29, 0.717) is 0 Å². The number of hydrogen-bond donors (Lipinski definition) is 0. The van der Waals surface area contributed by atoms with Crippen LogP contribution in [0.2, 0.25) is 0 Å². The fraction of sp³-hybridized carbons (Fsp3) is 0.0204. The zero-order valence-electron chi connectivity index (χ0n) is 28.7. The van der Waals surface area contributed by atoms with Crippen LogP contribution in [0.5, 0.6) is 0 Å². The molecular formula is C49H34N2O. The molecule has 0 atom stereocenters. The number of hydrogen-bond acceptors (Lipinski definition) is 3. The van der Waals surface area contributed by atoms with Crippen molar-refractivity contribution in [2.75, 3.05) is 9.80 Å². The van der Waals surface area contributed by atoms with Crippen LogP contribution in [0.3, 0.4) is 0 Å². The smallest absolute Gasteiger partial charge is 0.143 e. The third-order valence-electron chi connectivity index (χ3n) is 10.3. The average Bonchev–Trinajstić information content (AvgIpc) is 3.61. The summed E-state index contributed by atoms with van der Waals surface area (Å²) >= 11 is 0. The van der Waals surface area contributed by atoms with Crippen LogP contribution in [0.25, 0.3) is 54.3 Å². The number of furan rings is 1. The van der Waals surface area contributed by atoms with E-state index < -0.39 is 0 Å². The molecule has 1 heterocycles. The van der Waals surface area contributed by atoms with E-state index in [1.54, 1.807) is 0 Å². The summed E-state index contributed by atoms with van der Waals surface area (Å²) < 4.78 is 6.78. The number of anilines is 6. The zero-order valence-corrected chi connectivity index (χ0v) is 28.7. The topological polar surface area (TPSA) is 19.6 Å². The fourth-order valence-electron chi connectivity index (χ4n) is 7.86. The third-order valence-corrected chi connectivity index (χ3v) is 10.3. The van der Waals surface area contributed by atoms with Gasteiger partial charge in [0, 0.05) is 50.3 Å². The SMILES string of the molecule is Cc1cccc2c1oc1c3cc(N(c4ccccc4)c4ccc(N(c5ccccc5)c5ccc6ccccc6c5)cc4)ccc3c3ccccc3c21. The van der Waals surface area contributed by atoms with Crippen molar-refractivity contribution in [2.45, 2.75) is 6.92 Å². The molecule has 0 saturated carbocycles. The Morgan fingerprint density at radius 2 is 0.827 bits per heavy atom. The monoisotopic (exact) mass is 666 g/mol. The number of benzene rings is 9. The maximum absolute atomic E-state index is 6.78. The number of fused-ring (bicyclic) bond motifs is 9. The zero-order chi connectivity index (χ0) is 34.6. The first-order valence-electron chi connectivity index (χ1n) is 17.8. The van der Waals surface area contributed by atoms with Gasteiger partial charge in [0.2, 0.25) is 0 Å². The molecule has 0 bridgehead atoms. The summed E-state index contributed by atoms with van der Waals surface area (Å²) in [5, 5.41) is 9.49. The minimum atomic E-state index is 0.928. The molecule has 0 spiro atoms. The van der Waals surface area contributed by atoms with Gasteiger partial charge in [-0.3, -0.25) is 0 Å². The first kappa shape index (κ1) is 30.0. The van der Waals surface area contributed by atoms with Gasteiger partial charge in [0.25, 0.3) is 0 Å². The molecule has 0 N–H and O–H groups in total. The highest BCUT2D eigenvalue weighted by atomic mass is 16.3. The van der Waals surface area contributed by atoms with Gasteiger partial charge in [0.05, 0.1) is 0 Å². The lowest BCUT2D eigenvalue weighted by Crippen LogP contribution is -2.12. The molecule has 52 heavy (non-hydrogen) atoms. The van der Waals surface area contributed by atoms with Crippen molar-refractivity contribution in [3.05, 3.63) is 194 Å². The highest BCUT2D eigenvalue weighted by Gasteiger charge is 2.20. The standard InChI is InChI=1S/C49H34N2O/c1-33-13-12-22-45-47-44-21-11-10-20-42(44)43-30-29-41(32-46(43)49(47)52-48(33)45)51(37-18-6-3-7-19-37)39-27-25-38(26-28-39)50(36-16-4-2-5-17-36)40-24-23-34-14-8-9-15-35(34)31-40/h2-32H,1H3. The second-order valence-corrected chi connectivity index (χ2v) is 13.4. The molecular weight excluding hydrogens is 633 g/mol. The van der Waals surface area contributed by atoms with Crippen molar-refractivity contribution >= 4 is 88.4 Å². The van der Waals surface area contributed by atoms with Gasteiger partial charge in [-0.2, -0.15) is 0 Å². The van der Waals surface area contributed by atoms with Crippen molar-refractivity contribution in [3.8, 4) is 0 Å². The van der Waals surface area contributed by atoms with E-state index in [0.717, 1.165) is 61.6 Å². The summed E-state index contributed by atoms with van der Waals surface area (Å²) in [7, 11) is 0. The van der Waals surface area contributed by atoms with Gasteiger partial charge >= 0.3 is 0 Å². The summed E-state index contributed by atoms with van der Waals surface area (Å²) in [5.41, 5.74) is 9.54. The normalized spacial score (nSPS) is 11.6. The number of para-hydroxylation sites is 3. The Morgan fingerprint density at radius 3 is 1.52 bits per heavy atom. The Hall–Kier alpha value is -6.84. The Balaban J connectivity index is 1.15. The Kier molecular flexibility index (Phi) is 7.04. The molecule has 0 aliphatic carbocycles. The second kappa shape index (κ2) is 12.2. The molecule has 3 nitrogen and oxygen atoms in total. The predicted molar refractivity (Wildman–Crippen MR) is 220 cm³/mol. The number of rotatable bonds is 6. The molecule has 0 unspecified atom stereocenters. The lowest BCUT2D eigenvalue weighted by molar-refractivity contribution is 0.669. The summed E-state index contributed by atoms with van der Waals surface area (Å²) in [6.45, 7) is 2.13. The largest absolute Gasteiger partial charge is 0.455 e. The lowest BCUT2D eigenvalue weighted by Gasteiger charge is -2.28.